The van der Waals surface area contributed by atoms with E-state index in [9.17, 15) is 10.5 Å². The summed E-state index contributed by atoms with van der Waals surface area (Å²) in [5.41, 5.74) is 0.945. The molecule has 0 aromatic rings. The van der Waals surface area contributed by atoms with Crippen molar-refractivity contribution < 1.29 is 0 Å². The maximum atomic E-state index is 9.69. The normalized spacial score (nSPS) is 32.0. The lowest BCUT2D eigenvalue weighted by atomic mass is 9.85. The van der Waals surface area contributed by atoms with Gasteiger partial charge >= 0.3 is 0 Å². The molecular formula is C13H12N6. The zero-order chi connectivity index (χ0) is 13.4. The lowest BCUT2D eigenvalue weighted by Gasteiger charge is -2.35. The van der Waals surface area contributed by atoms with Gasteiger partial charge in [0.1, 0.15) is 0 Å². The average Bonchev–Trinajstić information content (AvgIpc) is 3.00. The van der Waals surface area contributed by atoms with Crippen LogP contribution >= 0.6 is 0 Å². The van der Waals surface area contributed by atoms with Gasteiger partial charge < -0.3 is 9.80 Å². The summed E-state index contributed by atoms with van der Waals surface area (Å²) in [6.07, 6.45) is 7.49. The molecule has 6 heteroatoms. The fourth-order valence-electron chi connectivity index (χ4n) is 3.62. The highest BCUT2D eigenvalue weighted by atomic mass is 15.8. The number of allylic oxidation sites excluding steroid dienone is 2. The summed E-state index contributed by atoms with van der Waals surface area (Å²) in [6.45, 7) is 0. The summed E-state index contributed by atoms with van der Waals surface area (Å²) in [7, 11) is 3.83. The zero-order valence-corrected chi connectivity index (χ0v) is 10.6. The highest BCUT2D eigenvalue weighted by molar-refractivity contribution is 5.44. The molecule has 6 nitrogen and oxygen atoms in total. The van der Waals surface area contributed by atoms with Crippen molar-refractivity contribution in [3.63, 3.8) is 0 Å². The van der Waals surface area contributed by atoms with E-state index >= 15 is 0 Å². The van der Waals surface area contributed by atoms with E-state index in [1.165, 1.54) is 0 Å². The van der Waals surface area contributed by atoms with E-state index in [-0.39, 0.29) is 12.3 Å². The van der Waals surface area contributed by atoms with Gasteiger partial charge in [-0.05, 0) is 12.2 Å². The molecule has 2 atom stereocenters. The Bertz CT molecular complexity index is 589. The third kappa shape index (κ3) is 0.869. The van der Waals surface area contributed by atoms with Gasteiger partial charge in [0.15, 0.2) is 12.3 Å². The Morgan fingerprint density at radius 3 is 1.74 bits per heavy atom. The van der Waals surface area contributed by atoms with E-state index in [1.807, 2.05) is 48.4 Å². The molecule has 0 spiro atoms. The highest BCUT2D eigenvalue weighted by Gasteiger charge is 2.67. The van der Waals surface area contributed by atoms with Crippen molar-refractivity contribution in [1.82, 2.24) is 19.8 Å². The van der Waals surface area contributed by atoms with E-state index in [2.05, 4.69) is 22.2 Å². The van der Waals surface area contributed by atoms with Crippen LogP contribution in [-0.4, -0.2) is 46.2 Å². The topological polar surface area (TPSA) is 60.5 Å². The molecule has 4 heterocycles. The van der Waals surface area contributed by atoms with E-state index in [0.29, 0.717) is 0 Å². The third-order valence-corrected chi connectivity index (χ3v) is 4.28. The molecule has 4 aliphatic heterocycles. The quantitative estimate of drug-likeness (QED) is 0.620. The van der Waals surface area contributed by atoms with Crippen molar-refractivity contribution >= 4 is 0 Å². The minimum atomic E-state index is -1.11. The molecule has 0 radical (unpaired) electrons. The Labute approximate surface area is 111 Å². The van der Waals surface area contributed by atoms with Crippen LogP contribution in [0.2, 0.25) is 0 Å². The number of hydrazine groups is 1. The second-order valence-corrected chi connectivity index (χ2v) is 5.30. The fraction of sp³-hybridized carbons (Fsp3) is 0.385. The van der Waals surface area contributed by atoms with E-state index in [1.54, 1.807) is 0 Å². The van der Waals surface area contributed by atoms with Crippen molar-refractivity contribution in [3.8, 4) is 12.1 Å². The Morgan fingerprint density at radius 2 is 1.37 bits per heavy atom. The largest absolute Gasteiger partial charge is 0.355 e. The van der Waals surface area contributed by atoms with Gasteiger partial charge in [-0.2, -0.15) is 10.5 Å². The van der Waals surface area contributed by atoms with Crippen LogP contribution in [0.15, 0.2) is 35.9 Å². The van der Waals surface area contributed by atoms with Crippen LogP contribution in [0.1, 0.15) is 0 Å². The molecule has 0 aromatic carbocycles. The lowest BCUT2D eigenvalue weighted by molar-refractivity contribution is 0.0212. The first kappa shape index (κ1) is 10.3. The number of rotatable bonds is 0. The van der Waals surface area contributed by atoms with E-state index < -0.39 is 5.41 Å². The second-order valence-electron chi connectivity index (χ2n) is 5.30. The molecule has 0 N–H and O–H groups in total. The van der Waals surface area contributed by atoms with Crippen LogP contribution in [0, 0.1) is 28.1 Å². The molecular weight excluding hydrogens is 240 g/mol. The van der Waals surface area contributed by atoms with Gasteiger partial charge in [-0.3, -0.25) is 10.0 Å². The molecule has 1 fully saturated rings. The fourth-order valence-corrected chi connectivity index (χ4v) is 3.62. The highest BCUT2D eigenvalue weighted by Crippen LogP contribution is 2.53. The first-order valence-corrected chi connectivity index (χ1v) is 6.10. The van der Waals surface area contributed by atoms with E-state index in [0.717, 1.165) is 11.4 Å². The van der Waals surface area contributed by atoms with Crippen molar-refractivity contribution in [2.75, 3.05) is 14.1 Å². The van der Waals surface area contributed by atoms with Crippen molar-refractivity contribution in [2.45, 2.75) is 12.3 Å². The van der Waals surface area contributed by atoms with Crippen molar-refractivity contribution in [1.29, 1.82) is 10.5 Å². The molecule has 94 valence electrons. The van der Waals surface area contributed by atoms with Gasteiger partial charge in [-0.25, -0.2) is 0 Å². The minimum Gasteiger partial charge on any atom is -0.355 e. The number of hydrogen-bond acceptors (Lipinski definition) is 6. The predicted molar refractivity (Wildman–Crippen MR) is 65.7 cm³/mol. The summed E-state index contributed by atoms with van der Waals surface area (Å²) >= 11 is 0. The van der Waals surface area contributed by atoms with Gasteiger partial charge in [0.2, 0.25) is 5.41 Å². The Kier molecular flexibility index (Phi) is 1.56. The van der Waals surface area contributed by atoms with Crippen LogP contribution < -0.4 is 0 Å². The van der Waals surface area contributed by atoms with Crippen LogP contribution in [0.4, 0.5) is 0 Å². The Hall–Kier alpha value is -2.60. The SMILES string of the molecule is CN1C=C2C=CC3=CN(C)C4N3N2C1C4(C#N)C#N. The lowest BCUT2D eigenvalue weighted by Crippen LogP contribution is -2.49. The van der Waals surface area contributed by atoms with Gasteiger partial charge in [-0.1, -0.05) is 0 Å². The van der Waals surface area contributed by atoms with Crippen molar-refractivity contribution in [3.05, 3.63) is 35.9 Å². The maximum absolute atomic E-state index is 9.69. The monoisotopic (exact) mass is 252 g/mol. The van der Waals surface area contributed by atoms with Gasteiger partial charge in [0.25, 0.3) is 0 Å². The molecule has 0 saturated carbocycles. The number of nitrogens with zero attached hydrogens (tertiary/aromatic N) is 6. The summed E-state index contributed by atoms with van der Waals surface area (Å²) in [4.78, 5) is 3.92. The summed E-state index contributed by atoms with van der Waals surface area (Å²) in [5.74, 6) is 0. The molecule has 0 aliphatic carbocycles. The van der Waals surface area contributed by atoms with Crippen LogP contribution in [0.5, 0.6) is 0 Å². The van der Waals surface area contributed by atoms with Gasteiger partial charge in [-0.15, -0.1) is 0 Å². The average molecular weight is 252 g/mol. The molecule has 2 unspecified atom stereocenters. The van der Waals surface area contributed by atoms with Crippen LogP contribution in [0.25, 0.3) is 0 Å². The van der Waals surface area contributed by atoms with Gasteiger partial charge in [0.05, 0.1) is 23.5 Å². The Morgan fingerprint density at radius 1 is 0.947 bits per heavy atom. The molecule has 1 saturated heterocycles. The van der Waals surface area contributed by atoms with Crippen LogP contribution in [-0.2, 0) is 0 Å². The standard InChI is InChI=1S/C13H12N6/c1-16-5-9-3-4-10-6-17(2)12-13(7-14,8-15)11(16)18(9)19(10)12/h3-6,11-12H,1-2H3. The van der Waals surface area contributed by atoms with E-state index in [4.69, 9.17) is 0 Å². The maximum Gasteiger partial charge on any atom is 0.223 e. The van der Waals surface area contributed by atoms with Crippen LogP contribution in [0.3, 0.4) is 0 Å². The molecule has 0 bridgehead atoms. The zero-order valence-electron chi connectivity index (χ0n) is 10.6. The molecule has 19 heavy (non-hydrogen) atoms. The summed E-state index contributed by atoms with van der Waals surface area (Å²) in [6, 6.07) is 4.55. The number of nitriles is 2. The summed E-state index contributed by atoms with van der Waals surface area (Å²) < 4.78 is 0. The molecule has 4 aliphatic rings. The molecule has 0 amide bonds. The second kappa shape index (κ2) is 2.86. The van der Waals surface area contributed by atoms with Gasteiger partial charge in [0, 0.05) is 26.5 Å². The summed E-state index contributed by atoms with van der Waals surface area (Å²) in [5, 5.41) is 23.5. The Balaban J connectivity index is 1.99. The third-order valence-electron chi connectivity index (χ3n) is 4.28. The minimum absolute atomic E-state index is 0.265. The first-order chi connectivity index (χ1) is 9.14. The molecule has 4 rings (SSSR count). The first-order valence-electron chi connectivity index (χ1n) is 6.10. The predicted octanol–water partition coefficient (Wildman–Crippen LogP) is 0.348. The number of hydrogen-bond donors (Lipinski definition) is 0. The van der Waals surface area contributed by atoms with Crippen molar-refractivity contribution in [2.24, 2.45) is 5.41 Å². The smallest absolute Gasteiger partial charge is 0.223 e. The molecule has 0 aromatic heterocycles.